The fraction of sp³-hybridized carbons (Fsp3) is 0.0952. The predicted octanol–water partition coefficient (Wildman–Crippen LogP) is 4.20. The van der Waals surface area contributed by atoms with Gasteiger partial charge in [-0.25, -0.2) is 18.4 Å². The van der Waals surface area contributed by atoms with Gasteiger partial charge in [-0.2, -0.15) is 5.10 Å². The minimum Gasteiger partial charge on any atom is -0.441 e. The highest BCUT2D eigenvalue weighted by Gasteiger charge is 2.09. The van der Waals surface area contributed by atoms with Crippen LogP contribution < -0.4 is 5.56 Å². The van der Waals surface area contributed by atoms with Gasteiger partial charge in [-0.3, -0.25) is 4.79 Å². The summed E-state index contributed by atoms with van der Waals surface area (Å²) in [6, 6.07) is 13.8. The van der Waals surface area contributed by atoms with Crippen molar-refractivity contribution in [2.75, 3.05) is 0 Å². The molecule has 0 aliphatic rings. The fourth-order valence-electron chi connectivity index (χ4n) is 2.84. The van der Waals surface area contributed by atoms with Crippen LogP contribution in [0.5, 0.6) is 0 Å². The average molecular weight is 379 g/mol. The summed E-state index contributed by atoms with van der Waals surface area (Å²) in [5.74, 6) is -0.700. The molecule has 0 N–H and O–H groups in total. The molecule has 2 heterocycles. The Labute approximate surface area is 158 Å². The molecule has 4 rings (SSSR count). The molecule has 0 bridgehead atoms. The molecule has 0 aliphatic carbocycles. The van der Waals surface area contributed by atoms with Gasteiger partial charge in [0, 0.05) is 17.2 Å². The van der Waals surface area contributed by atoms with Crippen LogP contribution in [0.3, 0.4) is 0 Å². The van der Waals surface area contributed by atoms with Crippen LogP contribution in [0.25, 0.3) is 22.7 Å². The van der Waals surface area contributed by atoms with E-state index in [0.29, 0.717) is 22.9 Å². The summed E-state index contributed by atoms with van der Waals surface area (Å²) < 4.78 is 33.5. The number of nitrogens with zero attached hydrogens (tertiary/aromatic N) is 3. The Morgan fingerprint density at radius 1 is 1.00 bits per heavy atom. The molecule has 0 aliphatic heterocycles. The number of aromatic nitrogens is 3. The Hall–Kier alpha value is -3.61. The van der Waals surface area contributed by atoms with Crippen LogP contribution in [0, 0.1) is 18.6 Å². The molecule has 0 spiro atoms. The highest BCUT2D eigenvalue weighted by molar-refractivity contribution is 5.58. The third kappa shape index (κ3) is 3.59. The Balaban J connectivity index is 1.67. The van der Waals surface area contributed by atoms with E-state index in [1.54, 1.807) is 6.20 Å². The Bertz CT molecular complexity index is 1210. The lowest BCUT2D eigenvalue weighted by atomic mass is 10.1. The van der Waals surface area contributed by atoms with E-state index in [2.05, 4.69) is 10.1 Å². The molecule has 0 radical (unpaired) electrons. The number of benzene rings is 2. The van der Waals surface area contributed by atoms with Gasteiger partial charge in [0.2, 0.25) is 5.89 Å². The third-order valence-corrected chi connectivity index (χ3v) is 4.21. The van der Waals surface area contributed by atoms with E-state index in [0.717, 1.165) is 23.3 Å². The van der Waals surface area contributed by atoms with Gasteiger partial charge in [0.1, 0.15) is 5.76 Å². The van der Waals surface area contributed by atoms with Gasteiger partial charge < -0.3 is 4.42 Å². The highest BCUT2D eigenvalue weighted by atomic mass is 19.2. The van der Waals surface area contributed by atoms with Crippen molar-refractivity contribution in [3.8, 4) is 22.7 Å². The number of oxazole rings is 1. The average Bonchev–Trinajstić information content (AvgIpc) is 3.12. The summed E-state index contributed by atoms with van der Waals surface area (Å²) >= 11 is 0. The van der Waals surface area contributed by atoms with Crippen molar-refractivity contribution in [3.05, 3.63) is 94.1 Å². The summed E-state index contributed by atoms with van der Waals surface area (Å²) in [6.07, 6.45) is 1.64. The second kappa shape index (κ2) is 7.19. The first-order chi connectivity index (χ1) is 13.5. The zero-order valence-electron chi connectivity index (χ0n) is 14.9. The zero-order chi connectivity index (χ0) is 19.7. The molecule has 0 unspecified atom stereocenters. The van der Waals surface area contributed by atoms with Crippen molar-refractivity contribution in [3.63, 3.8) is 0 Å². The first-order valence-corrected chi connectivity index (χ1v) is 8.55. The lowest BCUT2D eigenvalue weighted by molar-refractivity contribution is 0.509. The highest BCUT2D eigenvalue weighted by Crippen LogP contribution is 2.21. The van der Waals surface area contributed by atoms with Gasteiger partial charge in [0.25, 0.3) is 5.56 Å². The van der Waals surface area contributed by atoms with Crippen LogP contribution in [0.15, 0.2) is 70.0 Å². The molecule has 0 saturated heterocycles. The van der Waals surface area contributed by atoms with E-state index >= 15 is 0 Å². The maximum Gasteiger partial charge on any atom is 0.267 e. The molecule has 4 aromatic rings. The Kier molecular flexibility index (Phi) is 4.57. The standard InChI is InChI=1S/C21H15F2N3O2/c1-13-11-24-21(28-13)16-4-2-3-14(9-16)12-26-20(27)8-7-19(25-26)15-5-6-17(22)18(23)10-15/h2-11H,12H2,1H3. The monoisotopic (exact) mass is 379 g/mol. The minimum atomic E-state index is -0.967. The van der Waals surface area contributed by atoms with Crippen LogP contribution in [-0.2, 0) is 6.54 Å². The van der Waals surface area contributed by atoms with E-state index in [9.17, 15) is 13.6 Å². The summed E-state index contributed by atoms with van der Waals surface area (Å²) in [4.78, 5) is 16.4. The van der Waals surface area contributed by atoms with E-state index in [-0.39, 0.29) is 12.1 Å². The molecule has 0 saturated carbocycles. The summed E-state index contributed by atoms with van der Waals surface area (Å²) in [7, 11) is 0. The molecule has 2 aromatic carbocycles. The largest absolute Gasteiger partial charge is 0.441 e. The molecule has 5 nitrogen and oxygen atoms in total. The van der Waals surface area contributed by atoms with Crippen LogP contribution in [0.2, 0.25) is 0 Å². The molecule has 7 heteroatoms. The van der Waals surface area contributed by atoms with Crippen molar-refractivity contribution in [1.29, 1.82) is 0 Å². The Morgan fingerprint density at radius 3 is 2.61 bits per heavy atom. The van der Waals surface area contributed by atoms with Gasteiger partial charge in [0.05, 0.1) is 18.4 Å². The number of hydrogen-bond acceptors (Lipinski definition) is 4. The third-order valence-electron chi connectivity index (χ3n) is 4.21. The summed E-state index contributed by atoms with van der Waals surface area (Å²) in [5, 5.41) is 4.29. The second-order valence-corrected chi connectivity index (χ2v) is 6.32. The van der Waals surface area contributed by atoms with E-state index in [1.165, 1.54) is 22.9 Å². The summed E-state index contributed by atoms with van der Waals surface area (Å²) in [5.41, 5.74) is 2.07. The lowest BCUT2D eigenvalue weighted by Crippen LogP contribution is -2.22. The molecule has 28 heavy (non-hydrogen) atoms. The molecule has 0 atom stereocenters. The van der Waals surface area contributed by atoms with Crippen molar-refractivity contribution in [2.24, 2.45) is 0 Å². The fourth-order valence-corrected chi connectivity index (χ4v) is 2.84. The second-order valence-electron chi connectivity index (χ2n) is 6.32. The molecule has 0 fully saturated rings. The normalized spacial score (nSPS) is 11.0. The molecule has 2 aromatic heterocycles. The van der Waals surface area contributed by atoms with Gasteiger partial charge in [-0.15, -0.1) is 0 Å². The van der Waals surface area contributed by atoms with Gasteiger partial charge in [-0.1, -0.05) is 12.1 Å². The molecule has 140 valence electrons. The maximum absolute atomic E-state index is 13.5. The van der Waals surface area contributed by atoms with Crippen LogP contribution in [-0.4, -0.2) is 14.8 Å². The van der Waals surface area contributed by atoms with Crippen molar-refractivity contribution in [1.82, 2.24) is 14.8 Å². The molecular formula is C21H15F2N3O2. The summed E-state index contributed by atoms with van der Waals surface area (Å²) in [6.45, 7) is 2.03. The number of halogens is 2. The minimum absolute atomic E-state index is 0.212. The SMILES string of the molecule is Cc1cnc(-c2cccc(Cn3nc(-c4ccc(F)c(F)c4)ccc3=O)c2)o1. The molecular weight excluding hydrogens is 364 g/mol. The smallest absolute Gasteiger partial charge is 0.267 e. The van der Waals surface area contributed by atoms with E-state index in [4.69, 9.17) is 4.42 Å². The quantitative estimate of drug-likeness (QED) is 0.533. The van der Waals surface area contributed by atoms with Gasteiger partial charge in [-0.05, 0) is 48.9 Å². The topological polar surface area (TPSA) is 60.9 Å². The van der Waals surface area contributed by atoms with Crippen LogP contribution in [0.1, 0.15) is 11.3 Å². The van der Waals surface area contributed by atoms with Crippen molar-refractivity contribution in [2.45, 2.75) is 13.5 Å². The van der Waals surface area contributed by atoms with E-state index < -0.39 is 11.6 Å². The Morgan fingerprint density at radius 2 is 1.86 bits per heavy atom. The number of aryl methyl sites for hydroxylation is 1. The first-order valence-electron chi connectivity index (χ1n) is 8.55. The lowest BCUT2D eigenvalue weighted by Gasteiger charge is -2.08. The first kappa shape index (κ1) is 17.8. The number of rotatable bonds is 4. The predicted molar refractivity (Wildman–Crippen MR) is 99.6 cm³/mol. The van der Waals surface area contributed by atoms with Gasteiger partial charge >= 0.3 is 0 Å². The maximum atomic E-state index is 13.5. The van der Waals surface area contributed by atoms with Crippen LogP contribution >= 0.6 is 0 Å². The number of hydrogen-bond donors (Lipinski definition) is 0. The van der Waals surface area contributed by atoms with Crippen molar-refractivity contribution < 1.29 is 13.2 Å². The van der Waals surface area contributed by atoms with E-state index in [1.807, 2.05) is 31.2 Å². The van der Waals surface area contributed by atoms with Crippen molar-refractivity contribution >= 4 is 0 Å². The zero-order valence-corrected chi connectivity index (χ0v) is 14.9. The molecule has 0 amide bonds. The van der Waals surface area contributed by atoms with Gasteiger partial charge in [0.15, 0.2) is 11.6 Å². The van der Waals surface area contributed by atoms with Crippen LogP contribution in [0.4, 0.5) is 8.78 Å².